The molecule has 0 aliphatic carbocycles. The summed E-state index contributed by atoms with van der Waals surface area (Å²) in [5.74, 6) is 0.130. The number of para-hydroxylation sites is 1. The average molecular weight is 334 g/mol. The van der Waals surface area contributed by atoms with Crippen molar-refractivity contribution in [3.63, 3.8) is 0 Å². The number of rotatable bonds is 4. The van der Waals surface area contributed by atoms with Crippen molar-refractivity contribution in [2.45, 2.75) is 6.61 Å². The Balaban J connectivity index is 2.28. The standard InChI is InChI=1S/C13H8BrN3O3/c14-10-4-1-5-12(17(18)19)13(10)20-8-9-3-2-6-16-11(9)7-15/h1-6H,8H2. The third-order valence-electron chi connectivity index (χ3n) is 2.51. The second-order valence-corrected chi connectivity index (χ2v) is 4.61. The number of nitro groups is 1. The van der Waals surface area contributed by atoms with E-state index in [0.29, 0.717) is 10.0 Å². The van der Waals surface area contributed by atoms with E-state index in [4.69, 9.17) is 10.00 Å². The first-order valence-corrected chi connectivity index (χ1v) is 6.32. The highest BCUT2D eigenvalue weighted by atomic mass is 79.9. The third kappa shape index (κ3) is 2.92. The Kier molecular flexibility index (Phi) is 4.27. The topological polar surface area (TPSA) is 89.0 Å². The number of benzene rings is 1. The fraction of sp³-hybridized carbons (Fsp3) is 0.0769. The van der Waals surface area contributed by atoms with Gasteiger partial charge in [0, 0.05) is 17.8 Å². The predicted molar refractivity (Wildman–Crippen MR) is 74.1 cm³/mol. The normalized spacial score (nSPS) is 9.80. The van der Waals surface area contributed by atoms with Gasteiger partial charge in [-0.1, -0.05) is 12.1 Å². The highest BCUT2D eigenvalue weighted by molar-refractivity contribution is 9.10. The Morgan fingerprint density at radius 2 is 2.20 bits per heavy atom. The molecule has 2 rings (SSSR count). The van der Waals surface area contributed by atoms with Crippen LogP contribution in [0.4, 0.5) is 5.69 Å². The molecular weight excluding hydrogens is 326 g/mol. The summed E-state index contributed by atoms with van der Waals surface area (Å²) in [6.07, 6.45) is 1.50. The van der Waals surface area contributed by atoms with E-state index in [9.17, 15) is 10.1 Å². The molecule has 0 radical (unpaired) electrons. The van der Waals surface area contributed by atoms with Gasteiger partial charge in [-0.15, -0.1) is 0 Å². The van der Waals surface area contributed by atoms with Crippen molar-refractivity contribution < 1.29 is 9.66 Å². The van der Waals surface area contributed by atoms with Gasteiger partial charge < -0.3 is 4.74 Å². The maximum Gasteiger partial charge on any atom is 0.312 e. The summed E-state index contributed by atoms with van der Waals surface area (Å²) >= 11 is 3.21. The Labute approximate surface area is 122 Å². The van der Waals surface area contributed by atoms with Gasteiger partial charge in [0.2, 0.25) is 5.75 Å². The lowest BCUT2D eigenvalue weighted by Gasteiger charge is -2.09. The van der Waals surface area contributed by atoms with Crippen LogP contribution in [0.5, 0.6) is 5.75 Å². The van der Waals surface area contributed by atoms with Gasteiger partial charge in [-0.05, 0) is 28.1 Å². The zero-order valence-corrected chi connectivity index (χ0v) is 11.7. The number of nitriles is 1. The number of nitro benzene ring substituents is 1. The van der Waals surface area contributed by atoms with Crippen LogP contribution in [0.3, 0.4) is 0 Å². The Morgan fingerprint density at radius 1 is 1.40 bits per heavy atom. The van der Waals surface area contributed by atoms with Gasteiger partial charge in [-0.25, -0.2) is 4.98 Å². The van der Waals surface area contributed by atoms with Gasteiger partial charge in [0.25, 0.3) is 0 Å². The molecule has 2 aromatic rings. The summed E-state index contributed by atoms with van der Waals surface area (Å²) < 4.78 is 5.96. The van der Waals surface area contributed by atoms with E-state index in [1.807, 2.05) is 6.07 Å². The zero-order chi connectivity index (χ0) is 14.5. The SMILES string of the molecule is N#Cc1ncccc1COc1c(Br)cccc1[N+](=O)[O-]. The molecule has 0 bridgehead atoms. The molecule has 0 saturated carbocycles. The predicted octanol–water partition coefficient (Wildman–Crippen LogP) is 3.20. The Morgan fingerprint density at radius 3 is 2.90 bits per heavy atom. The molecule has 6 nitrogen and oxygen atoms in total. The van der Waals surface area contributed by atoms with Crippen molar-refractivity contribution in [2.24, 2.45) is 0 Å². The van der Waals surface area contributed by atoms with E-state index in [1.165, 1.54) is 12.3 Å². The van der Waals surface area contributed by atoms with Crippen molar-refractivity contribution in [1.82, 2.24) is 4.98 Å². The maximum atomic E-state index is 10.9. The highest BCUT2D eigenvalue weighted by Crippen LogP contribution is 2.35. The number of halogens is 1. The van der Waals surface area contributed by atoms with Crippen LogP contribution >= 0.6 is 15.9 Å². The average Bonchev–Trinajstić information content (AvgIpc) is 2.46. The van der Waals surface area contributed by atoms with Crippen LogP contribution in [0.15, 0.2) is 41.0 Å². The number of pyridine rings is 1. The molecule has 1 aromatic carbocycles. The number of nitrogens with zero attached hydrogens (tertiary/aromatic N) is 3. The van der Waals surface area contributed by atoms with Gasteiger partial charge in [-0.2, -0.15) is 5.26 Å². The van der Waals surface area contributed by atoms with Crippen LogP contribution in [-0.4, -0.2) is 9.91 Å². The first kappa shape index (κ1) is 14.0. The van der Waals surface area contributed by atoms with E-state index in [1.54, 1.807) is 24.3 Å². The van der Waals surface area contributed by atoms with Crippen LogP contribution in [0.1, 0.15) is 11.3 Å². The monoisotopic (exact) mass is 333 g/mol. The molecule has 0 fully saturated rings. The highest BCUT2D eigenvalue weighted by Gasteiger charge is 2.18. The van der Waals surface area contributed by atoms with E-state index in [2.05, 4.69) is 20.9 Å². The lowest BCUT2D eigenvalue weighted by molar-refractivity contribution is -0.386. The first-order chi connectivity index (χ1) is 9.63. The third-order valence-corrected chi connectivity index (χ3v) is 3.14. The molecule has 7 heteroatoms. The Bertz CT molecular complexity index is 698. The van der Waals surface area contributed by atoms with Crippen LogP contribution in [-0.2, 0) is 6.61 Å². The quantitative estimate of drug-likeness (QED) is 0.633. The number of hydrogen-bond donors (Lipinski definition) is 0. The van der Waals surface area contributed by atoms with Crippen molar-refractivity contribution in [3.05, 3.63) is 62.4 Å². The van der Waals surface area contributed by atoms with E-state index in [0.717, 1.165) is 0 Å². The molecule has 1 heterocycles. The lowest BCUT2D eigenvalue weighted by atomic mass is 10.2. The molecule has 0 amide bonds. The van der Waals surface area contributed by atoms with Gasteiger partial charge >= 0.3 is 5.69 Å². The molecule has 1 aromatic heterocycles. The molecule has 0 aliphatic rings. The summed E-state index contributed by atoms with van der Waals surface area (Å²) in [6, 6.07) is 9.87. The minimum atomic E-state index is -0.519. The number of ether oxygens (including phenoxy) is 1. The summed E-state index contributed by atoms with van der Waals surface area (Å²) in [5.41, 5.74) is 0.670. The molecule has 0 atom stereocenters. The van der Waals surface area contributed by atoms with Crippen molar-refractivity contribution in [3.8, 4) is 11.8 Å². The fourth-order valence-corrected chi connectivity index (χ4v) is 2.06. The minimum absolute atomic E-state index is 0.0280. The zero-order valence-electron chi connectivity index (χ0n) is 10.1. The van der Waals surface area contributed by atoms with Crippen LogP contribution in [0.25, 0.3) is 0 Å². The molecule has 0 N–H and O–H groups in total. The summed E-state index contributed by atoms with van der Waals surface area (Å²) in [4.78, 5) is 14.3. The molecule has 20 heavy (non-hydrogen) atoms. The Hall–Kier alpha value is -2.46. The van der Waals surface area contributed by atoms with Crippen molar-refractivity contribution >= 4 is 21.6 Å². The van der Waals surface area contributed by atoms with Crippen LogP contribution in [0.2, 0.25) is 0 Å². The van der Waals surface area contributed by atoms with E-state index in [-0.39, 0.29) is 23.7 Å². The minimum Gasteiger partial charge on any atom is -0.481 e. The fourth-order valence-electron chi connectivity index (χ4n) is 1.59. The summed E-state index contributed by atoms with van der Waals surface area (Å²) in [6.45, 7) is 0.0280. The van der Waals surface area contributed by atoms with Crippen molar-refractivity contribution in [2.75, 3.05) is 0 Å². The largest absolute Gasteiger partial charge is 0.481 e. The van der Waals surface area contributed by atoms with E-state index >= 15 is 0 Å². The molecule has 0 aliphatic heterocycles. The van der Waals surface area contributed by atoms with Gasteiger partial charge in [0.1, 0.15) is 18.4 Å². The second kappa shape index (κ2) is 6.12. The first-order valence-electron chi connectivity index (χ1n) is 5.53. The second-order valence-electron chi connectivity index (χ2n) is 3.76. The van der Waals surface area contributed by atoms with Gasteiger partial charge in [-0.3, -0.25) is 10.1 Å². The van der Waals surface area contributed by atoms with Gasteiger partial charge in [0.05, 0.1) is 9.40 Å². The van der Waals surface area contributed by atoms with E-state index < -0.39 is 4.92 Å². The summed E-state index contributed by atoms with van der Waals surface area (Å²) in [7, 11) is 0. The molecular formula is C13H8BrN3O3. The molecule has 0 saturated heterocycles. The number of aromatic nitrogens is 1. The van der Waals surface area contributed by atoms with Crippen LogP contribution < -0.4 is 4.74 Å². The summed E-state index contributed by atoms with van der Waals surface area (Å²) in [5, 5.41) is 19.9. The van der Waals surface area contributed by atoms with Gasteiger partial charge in [0.15, 0.2) is 0 Å². The van der Waals surface area contributed by atoms with Crippen LogP contribution in [0, 0.1) is 21.4 Å². The smallest absolute Gasteiger partial charge is 0.312 e. The maximum absolute atomic E-state index is 10.9. The molecule has 0 unspecified atom stereocenters. The molecule has 0 spiro atoms. The lowest BCUT2D eigenvalue weighted by Crippen LogP contribution is -2.02. The van der Waals surface area contributed by atoms with Crippen molar-refractivity contribution in [1.29, 1.82) is 5.26 Å². The number of hydrogen-bond acceptors (Lipinski definition) is 5. The molecule has 100 valence electrons.